The van der Waals surface area contributed by atoms with Crippen LogP contribution in [0, 0.1) is 11.8 Å². The first-order valence-electron chi connectivity index (χ1n) is 6.22. The summed E-state index contributed by atoms with van der Waals surface area (Å²) in [7, 11) is 0. The van der Waals surface area contributed by atoms with Crippen LogP contribution in [-0.2, 0) is 6.54 Å². The number of likely N-dealkylation sites (tertiary alicyclic amines) is 1. The molecule has 1 fully saturated rings. The molecule has 1 heterocycles. The van der Waals surface area contributed by atoms with Gasteiger partial charge in [-0.2, -0.15) is 0 Å². The summed E-state index contributed by atoms with van der Waals surface area (Å²) < 4.78 is 0. The van der Waals surface area contributed by atoms with E-state index in [1.54, 1.807) is 0 Å². The number of nitrogens with two attached hydrogens (primary N) is 1. The van der Waals surface area contributed by atoms with Gasteiger partial charge in [0, 0.05) is 18.8 Å². The molecule has 0 bridgehead atoms. The third kappa shape index (κ3) is 2.56. The number of nitrogen functional groups attached to an aromatic ring is 1. The SMILES string of the molecule is CC(C)C1CCN(Cc2ccccc2N)C1. The maximum Gasteiger partial charge on any atom is 0.0359 e. The van der Waals surface area contributed by atoms with Crippen molar-refractivity contribution < 1.29 is 0 Å². The Morgan fingerprint density at radius 3 is 2.75 bits per heavy atom. The van der Waals surface area contributed by atoms with Gasteiger partial charge >= 0.3 is 0 Å². The maximum atomic E-state index is 5.97. The lowest BCUT2D eigenvalue weighted by Crippen LogP contribution is -2.22. The van der Waals surface area contributed by atoms with Gasteiger partial charge in [-0.15, -0.1) is 0 Å². The van der Waals surface area contributed by atoms with Gasteiger partial charge in [-0.1, -0.05) is 32.0 Å². The fourth-order valence-electron chi connectivity index (χ4n) is 2.47. The topological polar surface area (TPSA) is 29.3 Å². The van der Waals surface area contributed by atoms with E-state index in [2.05, 4.69) is 30.9 Å². The van der Waals surface area contributed by atoms with Gasteiger partial charge in [0.1, 0.15) is 0 Å². The summed E-state index contributed by atoms with van der Waals surface area (Å²) in [6.45, 7) is 8.11. The van der Waals surface area contributed by atoms with Crippen molar-refractivity contribution in [1.82, 2.24) is 4.90 Å². The Balaban J connectivity index is 1.95. The van der Waals surface area contributed by atoms with E-state index in [-0.39, 0.29) is 0 Å². The van der Waals surface area contributed by atoms with Crippen LogP contribution in [0.2, 0.25) is 0 Å². The minimum atomic E-state index is 0.804. The first kappa shape index (κ1) is 11.5. The van der Waals surface area contributed by atoms with E-state index in [0.29, 0.717) is 0 Å². The summed E-state index contributed by atoms with van der Waals surface area (Å²) in [5, 5.41) is 0. The Bertz CT molecular complexity index is 346. The van der Waals surface area contributed by atoms with Gasteiger partial charge in [0.25, 0.3) is 0 Å². The summed E-state index contributed by atoms with van der Waals surface area (Å²) >= 11 is 0. The zero-order chi connectivity index (χ0) is 11.5. The van der Waals surface area contributed by atoms with Gasteiger partial charge in [0.2, 0.25) is 0 Å². The quantitative estimate of drug-likeness (QED) is 0.790. The lowest BCUT2D eigenvalue weighted by atomic mass is 9.95. The van der Waals surface area contributed by atoms with Gasteiger partial charge in [0.05, 0.1) is 0 Å². The summed E-state index contributed by atoms with van der Waals surface area (Å²) in [6.07, 6.45) is 1.34. The molecule has 1 aromatic carbocycles. The van der Waals surface area contributed by atoms with Gasteiger partial charge in [-0.25, -0.2) is 0 Å². The molecular weight excluding hydrogens is 196 g/mol. The number of rotatable bonds is 3. The van der Waals surface area contributed by atoms with E-state index in [9.17, 15) is 0 Å². The van der Waals surface area contributed by atoms with Crippen LogP contribution in [0.1, 0.15) is 25.8 Å². The van der Waals surface area contributed by atoms with Gasteiger partial charge in [0.15, 0.2) is 0 Å². The van der Waals surface area contributed by atoms with E-state index in [4.69, 9.17) is 5.73 Å². The van der Waals surface area contributed by atoms with E-state index in [0.717, 1.165) is 24.1 Å². The van der Waals surface area contributed by atoms with Crippen LogP contribution >= 0.6 is 0 Å². The second-order valence-corrected chi connectivity index (χ2v) is 5.23. The highest BCUT2D eigenvalue weighted by molar-refractivity contribution is 5.46. The van der Waals surface area contributed by atoms with Crippen LogP contribution < -0.4 is 5.73 Å². The van der Waals surface area contributed by atoms with Gasteiger partial charge < -0.3 is 5.73 Å². The predicted molar refractivity (Wildman–Crippen MR) is 69.1 cm³/mol. The van der Waals surface area contributed by atoms with Crippen LogP contribution in [0.15, 0.2) is 24.3 Å². The Labute approximate surface area is 98.4 Å². The molecule has 2 nitrogen and oxygen atoms in total. The summed E-state index contributed by atoms with van der Waals surface area (Å²) in [4.78, 5) is 2.52. The van der Waals surface area contributed by atoms with Crippen molar-refractivity contribution in [3.8, 4) is 0 Å². The first-order valence-corrected chi connectivity index (χ1v) is 6.22. The van der Waals surface area contributed by atoms with Gasteiger partial charge in [-0.05, 0) is 36.4 Å². The zero-order valence-corrected chi connectivity index (χ0v) is 10.3. The molecule has 1 aromatic rings. The molecule has 0 aliphatic carbocycles. The molecule has 1 saturated heterocycles. The monoisotopic (exact) mass is 218 g/mol. The van der Waals surface area contributed by atoms with Gasteiger partial charge in [-0.3, -0.25) is 4.90 Å². The fraction of sp³-hybridized carbons (Fsp3) is 0.571. The molecule has 1 aliphatic rings. The summed E-state index contributed by atoms with van der Waals surface area (Å²) in [5.41, 5.74) is 8.16. The Hall–Kier alpha value is -1.02. The zero-order valence-electron chi connectivity index (χ0n) is 10.3. The van der Waals surface area contributed by atoms with E-state index in [1.165, 1.54) is 25.1 Å². The highest BCUT2D eigenvalue weighted by atomic mass is 15.1. The molecule has 0 spiro atoms. The number of anilines is 1. The average Bonchev–Trinajstić information content (AvgIpc) is 2.70. The molecule has 0 amide bonds. The standard InChI is InChI=1S/C14H22N2/c1-11(2)12-7-8-16(9-12)10-13-5-3-4-6-14(13)15/h3-6,11-12H,7-10,15H2,1-2H3. The molecule has 2 rings (SSSR count). The smallest absolute Gasteiger partial charge is 0.0359 e. The van der Waals surface area contributed by atoms with Crippen molar-refractivity contribution in [2.75, 3.05) is 18.8 Å². The van der Waals surface area contributed by atoms with Crippen molar-refractivity contribution in [3.63, 3.8) is 0 Å². The lowest BCUT2D eigenvalue weighted by Gasteiger charge is -2.18. The van der Waals surface area contributed by atoms with Crippen molar-refractivity contribution in [3.05, 3.63) is 29.8 Å². The summed E-state index contributed by atoms with van der Waals surface area (Å²) in [6, 6.07) is 8.20. The molecule has 0 radical (unpaired) electrons. The van der Waals surface area contributed by atoms with E-state index < -0.39 is 0 Å². The van der Waals surface area contributed by atoms with Crippen molar-refractivity contribution >= 4 is 5.69 Å². The molecular formula is C14H22N2. The van der Waals surface area contributed by atoms with E-state index >= 15 is 0 Å². The molecule has 1 atom stereocenters. The third-order valence-corrected chi connectivity index (χ3v) is 3.70. The number of hydrogen-bond acceptors (Lipinski definition) is 2. The lowest BCUT2D eigenvalue weighted by molar-refractivity contribution is 0.297. The van der Waals surface area contributed by atoms with Crippen LogP contribution in [-0.4, -0.2) is 18.0 Å². The molecule has 88 valence electrons. The molecule has 0 saturated carbocycles. The van der Waals surface area contributed by atoms with Crippen molar-refractivity contribution in [2.45, 2.75) is 26.8 Å². The number of benzene rings is 1. The minimum Gasteiger partial charge on any atom is -0.398 e. The maximum absolute atomic E-state index is 5.97. The molecule has 2 N–H and O–H groups in total. The summed E-state index contributed by atoms with van der Waals surface area (Å²) in [5.74, 6) is 1.67. The second kappa shape index (κ2) is 4.88. The highest BCUT2D eigenvalue weighted by Gasteiger charge is 2.24. The molecule has 2 heteroatoms. The number of hydrogen-bond donors (Lipinski definition) is 1. The number of para-hydroxylation sites is 1. The Morgan fingerprint density at radius 2 is 2.12 bits per heavy atom. The third-order valence-electron chi connectivity index (χ3n) is 3.70. The van der Waals surface area contributed by atoms with Crippen molar-refractivity contribution in [1.29, 1.82) is 0 Å². The molecule has 1 aliphatic heterocycles. The number of nitrogens with zero attached hydrogens (tertiary/aromatic N) is 1. The Morgan fingerprint density at radius 1 is 1.38 bits per heavy atom. The van der Waals surface area contributed by atoms with Crippen LogP contribution in [0.5, 0.6) is 0 Å². The van der Waals surface area contributed by atoms with Crippen LogP contribution in [0.25, 0.3) is 0 Å². The second-order valence-electron chi connectivity index (χ2n) is 5.23. The molecule has 0 aromatic heterocycles. The predicted octanol–water partition coefficient (Wildman–Crippen LogP) is 2.75. The molecule has 16 heavy (non-hydrogen) atoms. The normalized spacial score (nSPS) is 21.8. The highest BCUT2D eigenvalue weighted by Crippen LogP contribution is 2.25. The van der Waals surface area contributed by atoms with Crippen LogP contribution in [0.3, 0.4) is 0 Å². The first-order chi connectivity index (χ1) is 7.66. The fourth-order valence-corrected chi connectivity index (χ4v) is 2.47. The van der Waals surface area contributed by atoms with Crippen LogP contribution in [0.4, 0.5) is 5.69 Å². The Kier molecular flexibility index (Phi) is 3.49. The van der Waals surface area contributed by atoms with Crippen molar-refractivity contribution in [2.24, 2.45) is 11.8 Å². The minimum absolute atomic E-state index is 0.804. The largest absolute Gasteiger partial charge is 0.398 e. The van der Waals surface area contributed by atoms with E-state index in [1.807, 2.05) is 12.1 Å². The molecule has 1 unspecified atom stereocenters. The average molecular weight is 218 g/mol.